The van der Waals surface area contributed by atoms with Crippen molar-refractivity contribution in [3.05, 3.63) is 225 Å². The molecule has 5 aromatic rings. The third-order valence-corrected chi connectivity index (χ3v) is 25.8. The van der Waals surface area contributed by atoms with Crippen LogP contribution in [-0.2, 0) is 84.6 Å². The number of likely N-dealkylation sites (N-methyl/N-ethyl adjacent to an activating group) is 2. The van der Waals surface area contributed by atoms with Crippen molar-refractivity contribution in [1.82, 2.24) is 9.48 Å². The molecular weight excluding hydrogens is 1720 g/mol. The molecule has 0 amide bonds. The molecule has 1 aliphatic carbocycles. The minimum atomic E-state index is -4.83. The summed E-state index contributed by atoms with van der Waals surface area (Å²) in [7, 11) is -17.5. The van der Waals surface area contributed by atoms with Crippen LogP contribution < -0.4 is 83.7 Å². The predicted molar refractivity (Wildman–Crippen MR) is 459 cm³/mol. The summed E-state index contributed by atoms with van der Waals surface area (Å²) < 4.78 is 206. The number of hydrogen-bond donors (Lipinski definition) is 1. The minimum absolute atomic E-state index is 0. The summed E-state index contributed by atoms with van der Waals surface area (Å²) in [6.45, 7) is 29.1. The van der Waals surface area contributed by atoms with E-state index in [0.717, 1.165) is 58.3 Å². The second-order valence-corrected chi connectivity index (χ2v) is 37.6. The molecule has 0 aromatic heterocycles. The largest absolute Gasteiger partial charge is 1.00 e. The first-order valence-corrected chi connectivity index (χ1v) is 46.0. The number of hydrogen-bond acceptors (Lipinski definition) is 21. The molecule has 0 spiro atoms. The number of fused-ring (bicyclic) bond motifs is 6. The molecule has 668 valence electrons. The van der Waals surface area contributed by atoms with Gasteiger partial charge in [0.05, 0.1) is 53.5 Å². The zero-order chi connectivity index (χ0) is 90.4. The van der Waals surface area contributed by atoms with E-state index in [4.69, 9.17) is 14.2 Å². The van der Waals surface area contributed by atoms with Crippen LogP contribution in [0.25, 0.3) is 22.7 Å². The van der Waals surface area contributed by atoms with Crippen LogP contribution >= 0.6 is 0 Å². The first-order valence-electron chi connectivity index (χ1n) is 40.0. The van der Waals surface area contributed by atoms with Gasteiger partial charge in [0, 0.05) is 154 Å². The number of carbonyl (C=O) groups excluding carboxylic acids is 1. The van der Waals surface area contributed by atoms with Gasteiger partial charge < -0.3 is 56.4 Å². The molecule has 0 bridgehead atoms. The molecule has 4 atom stereocenters. The second kappa shape index (κ2) is 45.9. The molecule has 36 heteroatoms. The van der Waals surface area contributed by atoms with Crippen molar-refractivity contribution in [1.29, 1.82) is 0 Å². The molecule has 25 nitrogen and oxygen atoms in total. The summed E-state index contributed by atoms with van der Waals surface area (Å²) in [5.74, 6) is 0.970. The number of methoxy groups -OCH3 is 3. The standard InChI is InChI=1S/C42H48N2O9S2.C24H26NO.C19H27NO8S2.C4H10O3.BF3.FH.2Na/c1-6-44-36-26-38-33(25-32(36)28(2)27-41(44,3)4)30(23-37(53-38)29-13-8-7-9-14-29)15-10-16-39-42(5,20-11-17-40(45)46)34-24-31(55(50,51)52)18-19-35(34)43(39)21-12-22-54(47,48)49;1-6-25-21-14-23-20(13-19(21)17(3)15-24(25,4)5)16(2)12-22(26-23)18-10-8-7-9-11-18;1-4-28-18(21)7-5-10-19(3)14(2)20(11-6-12-29(22,23)24)17-9-8-15(13-16(17)19)30(25,26)27;1-5-4(6-2)7-3;2-1(3)4;;;/h7-10,13-16,18-19,23-27,32,36H,6,11-12,17,20-22H2,1-5H3,(H2-,45,46,47,48,49,50,51,52);7-15H,6H2,1-5H3;8-9,13H,4-7,10-12H2,1-3H3,(H-,22,23,24,25,26,27);4H,1-3H3;;1H;;/q;+1;;;;;2*+1/p-3/b16-10+,30-15+;;;;;;;. The van der Waals surface area contributed by atoms with Crippen molar-refractivity contribution in [2.75, 3.05) is 65.6 Å². The smallest absolute Gasteiger partial charge is 1.00 e. The Labute approximate surface area is 776 Å². The average Bonchev–Trinajstić information content (AvgIpc) is 1.72. The summed E-state index contributed by atoms with van der Waals surface area (Å²) in [6, 6.07) is 32.9. The third-order valence-electron chi connectivity index (χ3n) is 22.6. The van der Waals surface area contributed by atoms with E-state index in [1.54, 1.807) is 6.92 Å². The third kappa shape index (κ3) is 27.7. The molecule has 6 aliphatic heterocycles. The molecule has 4 unspecified atom stereocenters. The first kappa shape index (κ1) is 108. The second-order valence-electron chi connectivity index (χ2n) is 31.7. The van der Waals surface area contributed by atoms with Gasteiger partial charge in [0.15, 0.2) is 17.0 Å². The molecule has 0 saturated heterocycles. The molecule has 5 aromatic carbocycles. The van der Waals surface area contributed by atoms with Gasteiger partial charge in [0.25, 0.3) is 6.48 Å². The van der Waals surface area contributed by atoms with E-state index in [1.165, 1.54) is 90.6 Å². The van der Waals surface area contributed by atoms with Crippen molar-refractivity contribution < 1.29 is 181 Å². The summed E-state index contributed by atoms with van der Waals surface area (Å²) >= 11 is 0. The van der Waals surface area contributed by atoms with Gasteiger partial charge in [-0.1, -0.05) is 97.5 Å². The SMILES string of the molecule is CCN1C2C=C3OC(c4ccccc4)=C/C(=C\C=C\C4=[N+](CCCS(=O)(=O)[O-])c5ccc(S(=O)(=O)[O-])cc5C4(C)CCCC(=O)O)C3=CC2C(C)=CC1(C)C.CCOC(=O)CCCC1(C)C(C)=[N+](CCCS(=O)(=O)[O-])c2ccc(S(=O)(=O)[O-])cc21.CC[N+]1=c2cc3c(cc2C(C)=CC1(C)C)=C(C)C=C(c1ccccc1)O3.COC(OC)OC.FB(F)F.[F-].[Na+].[Na+]. The fraction of sp³-hybridized carbons (Fsp3) is 0.427. The number of carbonyl (C=O) groups is 2. The van der Waals surface area contributed by atoms with Crippen LogP contribution in [0, 0.1) is 5.92 Å². The molecule has 125 heavy (non-hydrogen) atoms. The van der Waals surface area contributed by atoms with Crippen molar-refractivity contribution in [2.45, 2.75) is 186 Å². The Balaban J connectivity index is 0.000000334. The first-order chi connectivity index (χ1) is 57.1. The Morgan fingerprint density at radius 3 is 1.63 bits per heavy atom. The predicted octanol–water partition coefficient (Wildman–Crippen LogP) is 4.29. The zero-order valence-corrected chi connectivity index (χ0v) is 81.3. The Kier molecular flexibility index (Phi) is 39.8. The number of allylic oxidation sites excluding steroid dienone is 7. The zero-order valence-electron chi connectivity index (χ0n) is 74.1. The van der Waals surface area contributed by atoms with Gasteiger partial charge in [0.2, 0.25) is 16.7 Å². The van der Waals surface area contributed by atoms with E-state index in [-0.39, 0.29) is 156 Å². The molecule has 0 fully saturated rings. The Morgan fingerprint density at radius 2 is 1.14 bits per heavy atom. The molecule has 0 radical (unpaired) electrons. The molecule has 1 N–H and O–H groups in total. The van der Waals surface area contributed by atoms with Gasteiger partial charge in [-0.25, -0.2) is 38.2 Å². The van der Waals surface area contributed by atoms with Crippen LogP contribution in [0.4, 0.5) is 24.3 Å². The maximum absolute atomic E-state index is 12.2. The Bertz CT molecular complexity index is 5720. The summed E-state index contributed by atoms with van der Waals surface area (Å²) in [6.07, 6.45) is 20.6. The normalized spacial score (nSPS) is 19.8. The van der Waals surface area contributed by atoms with Crippen molar-refractivity contribution in [2.24, 2.45) is 5.92 Å². The Morgan fingerprint density at radius 1 is 0.640 bits per heavy atom. The number of esters is 1. The Hall–Kier alpha value is -7.17. The van der Waals surface area contributed by atoms with Crippen LogP contribution in [0.2, 0.25) is 0 Å². The molecule has 12 rings (SSSR count). The van der Waals surface area contributed by atoms with Gasteiger partial charge in [-0.3, -0.25) is 27.4 Å². The molecular formula is C89H109BF4N4Na2O21S4. The van der Waals surface area contributed by atoms with E-state index >= 15 is 0 Å². The molecule has 6 heterocycles. The average molecular weight is 1830 g/mol. The van der Waals surface area contributed by atoms with Gasteiger partial charge in [-0.15, -0.1) is 0 Å². The number of benzene rings is 5. The van der Waals surface area contributed by atoms with E-state index in [0.29, 0.717) is 46.8 Å². The topological polar surface area (TPSA) is 351 Å². The van der Waals surface area contributed by atoms with E-state index in [1.807, 2.05) is 103 Å². The van der Waals surface area contributed by atoms with E-state index in [9.17, 15) is 79.5 Å². The summed E-state index contributed by atoms with van der Waals surface area (Å²) in [5, 5.41) is 11.9. The van der Waals surface area contributed by atoms with E-state index < -0.39 is 87.7 Å². The van der Waals surface area contributed by atoms with Crippen LogP contribution in [0.3, 0.4) is 0 Å². The monoisotopic (exact) mass is 1830 g/mol. The van der Waals surface area contributed by atoms with Crippen LogP contribution in [-0.4, -0.2) is 191 Å². The van der Waals surface area contributed by atoms with Crippen molar-refractivity contribution in [3.63, 3.8) is 0 Å². The quantitative estimate of drug-likeness (QED) is 0.0139. The molecule has 7 aliphatic rings. The summed E-state index contributed by atoms with van der Waals surface area (Å²) in [4.78, 5) is 25.0. The van der Waals surface area contributed by atoms with Crippen LogP contribution in [0.5, 0.6) is 5.75 Å². The fourth-order valence-corrected chi connectivity index (χ4v) is 19.0. The number of carboxylic acid groups (broad SMARTS) is 1. The van der Waals surface area contributed by atoms with Gasteiger partial charge in [-0.2, -0.15) is 9.15 Å². The fourth-order valence-electron chi connectivity index (χ4n) is 17.0. The number of carboxylic acids is 1. The van der Waals surface area contributed by atoms with Gasteiger partial charge >= 0.3 is 78.6 Å². The number of ether oxygens (including phenoxy) is 6. The number of nitrogens with zero attached hydrogens (tertiary/aromatic N) is 4. The van der Waals surface area contributed by atoms with Crippen molar-refractivity contribution in [3.8, 4) is 5.75 Å². The number of aliphatic carboxylic acids is 1. The maximum atomic E-state index is 12.2. The van der Waals surface area contributed by atoms with E-state index in [2.05, 4.69) is 141 Å². The summed E-state index contributed by atoms with van der Waals surface area (Å²) in [5.41, 5.74) is 11.0. The number of halogens is 4. The van der Waals surface area contributed by atoms with Gasteiger partial charge in [0.1, 0.15) is 62.9 Å². The minimum Gasteiger partial charge on any atom is -1.00 e. The van der Waals surface area contributed by atoms with Gasteiger partial charge in [-0.05, 0) is 166 Å². The molecule has 0 saturated carbocycles. The van der Waals surface area contributed by atoms with Crippen LogP contribution in [0.1, 0.15) is 169 Å². The van der Waals surface area contributed by atoms with Crippen molar-refractivity contribution >= 4 is 105 Å². The van der Waals surface area contributed by atoms with Crippen LogP contribution in [0.15, 0.2) is 196 Å². The number of rotatable bonds is 28. The maximum Gasteiger partial charge on any atom is 1.00 e.